The van der Waals surface area contributed by atoms with E-state index in [1.165, 1.54) is 4.69 Å². The maximum atomic E-state index is 5.27. The van der Waals surface area contributed by atoms with E-state index < -0.39 is 0 Å². The summed E-state index contributed by atoms with van der Waals surface area (Å²) < 4.78 is 6.58. The summed E-state index contributed by atoms with van der Waals surface area (Å²) in [5.41, 5.74) is 1.43. The molecule has 2 heterocycles. The van der Waals surface area contributed by atoms with E-state index in [4.69, 9.17) is 4.52 Å². The zero-order chi connectivity index (χ0) is 7.97. The molecule has 1 aromatic carbocycles. The topological polar surface area (TPSA) is 56.2 Å². The van der Waals surface area contributed by atoms with Crippen molar-refractivity contribution in [3.63, 3.8) is 0 Å². The summed E-state index contributed by atoms with van der Waals surface area (Å²) >= 11 is 0. The van der Waals surface area contributed by atoms with Crippen molar-refractivity contribution in [1.82, 2.24) is 20.2 Å². The van der Waals surface area contributed by atoms with E-state index in [9.17, 15) is 0 Å². The maximum absolute atomic E-state index is 5.27. The Bertz CT molecular complexity index is 537. The molecule has 0 aliphatic rings. The predicted molar refractivity (Wildman–Crippen MR) is 40.6 cm³/mol. The lowest BCUT2D eigenvalue weighted by Crippen LogP contribution is -1.77. The molecule has 0 saturated carbocycles. The molecule has 58 valence electrons. The lowest BCUT2D eigenvalue weighted by molar-refractivity contribution is 0.358. The molecule has 5 heteroatoms. The highest BCUT2D eigenvalue weighted by Crippen LogP contribution is 2.17. The molecule has 0 aliphatic carbocycles. The fraction of sp³-hybridized carbons (Fsp3) is 0. The number of tetrazole rings is 1. The van der Waals surface area contributed by atoms with Gasteiger partial charge in [-0.1, -0.05) is 16.8 Å². The zero-order valence-corrected chi connectivity index (χ0v) is 6.01. The molecule has 0 atom stereocenters. The number of rotatable bonds is 0. The molecule has 0 bridgehead atoms. The summed E-state index contributed by atoms with van der Waals surface area (Å²) in [7, 11) is 0. The molecule has 0 unspecified atom stereocenters. The Hall–Kier alpha value is -1.91. The van der Waals surface area contributed by atoms with E-state index in [0.717, 1.165) is 11.0 Å². The van der Waals surface area contributed by atoms with Gasteiger partial charge in [-0.05, 0) is 22.6 Å². The Balaban J connectivity index is 2.68. The Morgan fingerprint density at radius 3 is 3.17 bits per heavy atom. The Morgan fingerprint density at radius 2 is 2.17 bits per heavy atom. The van der Waals surface area contributed by atoms with E-state index in [2.05, 4.69) is 15.5 Å². The first-order valence-corrected chi connectivity index (χ1v) is 3.51. The van der Waals surface area contributed by atoms with Crippen molar-refractivity contribution in [2.24, 2.45) is 0 Å². The largest absolute Gasteiger partial charge is 0.354 e. The van der Waals surface area contributed by atoms with Crippen LogP contribution in [0.4, 0.5) is 0 Å². The number of hydrogen-bond donors (Lipinski definition) is 0. The zero-order valence-electron chi connectivity index (χ0n) is 6.01. The van der Waals surface area contributed by atoms with Crippen LogP contribution in [0, 0.1) is 0 Å². The number of para-hydroxylation sites is 1. The molecule has 3 rings (SSSR count). The SMILES string of the molecule is c1ccc2c(c1)on1nnnc21. The summed E-state index contributed by atoms with van der Waals surface area (Å²) in [6.45, 7) is 0. The molecule has 0 saturated heterocycles. The minimum atomic E-state index is 0.658. The van der Waals surface area contributed by atoms with Crippen LogP contribution in [0.1, 0.15) is 0 Å². The van der Waals surface area contributed by atoms with Gasteiger partial charge in [-0.2, -0.15) is 0 Å². The van der Waals surface area contributed by atoms with Crippen LogP contribution >= 0.6 is 0 Å². The lowest BCUT2D eigenvalue weighted by Gasteiger charge is -1.80. The van der Waals surface area contributed by atoms with E-state index in [1.807, 2.05) is 24.3 Å². The molecule has 0 spiro atoms. The number of fused-ring (bicyclic) bond motifs is 3. The third kappa shape index (κ3) is 0.554. The first-order chi connectivity index (χ1) is 5.95. The van der Waals surface area contributed by atoms with E-state index >= 15 is 0 Å². The van der Waals surface area contributed by atoms with Gasteiger partial charge >= 0.3 is 0 Å². The normalized spacial score (nSPS) is 11.3. The van der Waals surface area contributed by atoms with Gasteiger partial charge in [0.25, 0.3) is 0 Å². The molecule has 0 N–H and O–H groups in total. The van der Waals surface area contributed by atoms with Crippen molar-refractivity contribution in [1.29, 1.82) is 0 Å². The van der Waals surface area contributed by atoms with Gasteiger partial charge in [-0.15, -0.1) is 5.10 Å². The van der Waals surface area contributed by atoms with Crippen molar-refractivity contribution < 1.29 is 4.52 Å². The fourth-order valence-corrected chi connectivity index (χ4v) is 1.22. The van der Waals surface area contributed by atoms with Gasteiger partial charge in [0.2, 0.25) is 5.65 Å². The highest BCUT2D eigenvalue weighted by Gasteiger charge is 2.07. The average molecular weight is 160 g/mol. The smallest absolute Gasteiger partial charge is 0.226 e. The quantitative estimate of drug-likeness (QED) is 0.489. The average Bonchev–Trinajstić information content (AvgIpc) is 2.62. The number of hydrogen-bond acceptors (Lipinski definition) is 4. The number of nitrogens with zero attached hydrogens (tertiary/aromatic N) is 4. The standard InChI is InChI=1S/C7H4N4O/c1-2-4-6-5(3-1)7-8-9-10-11(7)12-6/h1-4H. The van der Waals surface area contributed by atoms with Crippen LogP contribution in [0.25, 0.3) is 16.6 Å². The van der Waals surface area contributed by atoms with Crippen LogP contribution < -0.4 is 0 Å². The summed E-state index contributed by atoms with van der Waals surface area (Å²) in [5.74, 6) is 0. The predicted octanol–water partition coefficient (Wildman–Crippen LogP) is 0.870. The molecule has 5 nitrogen and oxygen atoms in total. The molecule has 12 heavy (non-hydrogen) atoms. The minimum Gasteiger partial charge on any atom is -0.354 e. The van der Waals surface area contributed by atoms with Crippen LogP contribution in [-0.2, 0) is 0 Å². The van der Waals surface area contributed by atoms with Gasteiger partial charge in [0.1, 0.15) is 0 Å². The molecule has 0 fully saturated rings. The van der Waals surface area contributed by atoms with Gasteiger partial charge in [-0.25, -0.2) is 0 Å². The van der Waals surface area contributed by atoms with E-state index in [0.29, 0.717) is 5.65 Å². The Kier molecular flexibility index (Phi) is 0.864. The van der Waals surface area contributed by atoms with E-state index in [-0.39, 0.29) is 0 Å². The van der Waals surface area contributed by atoms with Gasteiger partial charge in [0, 0.05) is 0 Å². The van der Waals surface area contributed by atoms with Crippen molar-refractivity contribution in [2.45, 2.75) is 0 Å². The second kappa shape index (κ2) is 1.82. The summed E-state index contributed by atoms with van der Waals surface area (Å²) in [6.07, 6.45) is 0. The number of benzene rings is 1. The van der Waals surface area contributed by atoms with Crippen molar-refractivity contribution in [3.05, 3.63) is 24.3 Å². The molecular formula is C7H4N4O. The molecule has 0 amide bonds. The van der Waals surface area contributed by atoms with Crippen LogP contribution in [-0.4, -0.2) is 20.2 Å². The Labute approximate surface area is 66.5 Å². The highest BCUT2D eigenvalue weighted by molar-refractivity contribution is 5.89. The Morgan fingerprint density at radius 1 is 1.25 bits per heavy atom. The van der Waals surface area contributed by atoms with Crippen molar-refractivity contribution >= 4 is 16.6 Å². The van der Waals surface area contributed by atoms with Gasteiger partial charge in [0.05, 0.1) is 5.39 Å². The molecule has 0 radical (unpaired) electrons. The third-order valence-electron chi connectivity index (χ3n) is 1.75. The van der Waals surface area contributed by atoms with Crippen LogP contribution in [0.3, 0.4) is 0 Å². The summed E-state index contributed by atoms with van der Waals surface area (Å²) in [6, 6.07) is 7.61. The molecule has 0 aliphatic heterocycles. The van der Waals surface area contributed by atoms with Crippen molar-refractivity contribution in [3.8, 4) is 0 Å². The molecular weight excluding hydrogens is 156 g/mol. The van der Waals surface area contributed by atoms with Crippen LogP contribution in [0.2, 0.25) is 0 Å². The number of aromatic nitrogens is 4. The van der Waals surface area contributed by atoms with Crippen LogP contribution in [0.5, 0.6) is 0 Å². The first kappa shape index (κ1) is 5.70. The van der Waals surface area contributed by atoms with Crippen LogP contribution in [0.15, 0.2) is 28.8 Å². The highest BCUT2D eigenvalue weighted by atomic mass is 16.5. The second-order valence-electron chi connectivity index (χ2n) is 2.46. The lowest BCUT2D eigenvalue weighted by atomic mass is 10.3. The monoisotopic (exact) mass is 160 g/mol. The minimum absolute atomic E-state index is 0.658. The summed E-state index contributed by atoms with van der Waals surface area (Å²) in [5, 5.41) is 11.9. The van der Waals surface area contributed by atoms with Gasteiger partial charge in [-0.3, -0.25) is 0 Å². The maximum Gasteiger partial charge on any atom is 0.226 e. The first-order valence-electron chi connectivity index (χ1n) is 3.51. The summed E-state index contributed by atoms with van der Waals surface area (Å²) in [4.78, 5) is 0. The van der Waals surface area contributed by atoms with Gasteiger partial charge in [0.15, 0.2) is 5.58 Å². The van der Waals surface area contributed by atoms with Crippen molar-refractivity contribution in [2.75, 3.05) is 0 Å². The molecule has 2 aromatic heterocycles. The van der Waals surface area contributed by atoms with E-state index in [1.54, 1.807) is 0 Å². The third-order valence-corrected chi connectivity index (χ3v) is 1.75. The fourth-order valence-electron chi connectivity index (χ4n) is 1.22. The molecule has 3 aromatic rings. The van der Waals surface area contributed by atoms with Gasteiger partial charge < -0.3 is 4.52 Å². The second-order valence-corrected chi connectivity index (χ2v) is 2.46.